The van der Waals surface area contributed by atoms with E-state index in [2.05, 4.69) is 14.9 Å². The van der Waals surface area contributed by atoms with Crippen molar-refractivity contribution in [3.63, 3.8) is 0 Å². The number of hydrogen-bond acceptors (Lipinski definition) is 5. The van der Waals surface area contributed by atoms with Gasteiger partial charge in [0.05, 0.1) is 0 Å². The van der Waals surface area contributed by atoms with Gasteiger partial charge in [0.25, 0.3) is 0 Å². The predicted octanol–water partition coefficient (Wildman–Crippen LogP) is -0.246. The van der Waals surface area contributed by atoms with Gasteiger partial charge in [-0.25, -0.2) is 9.97 Å². The van der Waals surface area contributed by atoms with Crippen LogP contribution in [-0.2, 0) is 6.54 Å². The molecule has 15 heavy (non-hydrogen) atoms. The maximum Gasteiger partial charge on any atom is 0.225 e. The molecule has 0 radical (unpaired) electrons. The normalized spacial score (nSPS) is 20.9. The maximum atomic E-state index is 9.03. The van der Waals surface area contributed by atoms with Crippen LogP contribution in [0.1, 0.15) is 12.0 Å². The predicted molar refractivity (Wildman–Crippen MR) is 57.3 cm³/mol. The Bertz CT molecular complexity index is 314. The van der Waals surface area contributed by atoms with E-state index < -0.39 is 0 Å². The Balaban J connectivity index is 2.04. The molecule has 2 rings (SSSR count). The molecule has 5 heteroatoms. The SMILES string of the molecule is NCc1cnc(N2CCC(CO)C2)nc1. The van der Waals surface area contributed by atoms with Gasteiger partial charge in [-0.1, -0.05) is 0 Å². The van der Waals surface area contributed by atoms with Gasteiger partial charge in [-0.15, -0.1) is 0 Å². The van der Waals surface area contributed by atoms with Gasteiger partial charge in [-0.05, 0) is 6.42 Å². The molecule has 0 spiro atoms. The van der Waals surface area contributed by atoms with Crippen LogP contribution in [0.3, 0.4) is 0 Å². The van der Waals surface area contributed by atoms with Gasteiger partial charge in [-0.2, -0.15) is 0 Å². The summed E-state index contributed by atoms with van der Waals surface area (Å²) < 4.78 is 0. The summed E-state index contributed by atoms with van der Waals surface area (Å²) in [5.41, 5.74) is 6.41. The minimum atomic E-state index is 0.247. The van der Waals surface area contributed by atoms with Crippen LogP contribution in [0.5, 0.6) is 0 Å². The fourth-order valence-corrected chi connectivity index (χ4v) is 1.78. The molecule has 1 atom stereocenters. The minimum Gasteiger partial charge on any atom is -0.396 e. The van der Waals surface area contributed by atoms with Crippen molar-refractivity contribution < 1.29 is 5.11 Å². The highest BCUT2D eigenvalue weighted by Gasteiger charge is 2.23. The van der Waals surface area contributed by atoms with E-state index in [1.807, 2.05) is 0 Å². The molecule has 0 bridgehead atoms. The monoisotopic (exact) mass is 208 g/mol. The van der Waals surface area contributed by atoms with E-state index in [1.165, 1.54) is 0 Å². The summed E-state index contributed by atoms with van der Waals surface area (Å²) in [6, 6.07) is 0. The Labute approximate surface area is 88.9 Å². The Morgan fingerprint density at radius 2 is 2.20 bits per heavy atom. The zero-order valence-electron chi connectivity index (χ0n) is 8.63. The zero-order chi connectivity index (χ0) is 10.7. The fourth-order valence-electron chi connectivity index (χ4n) is 1.78. The first-order valence-electron chi connectivity index (χ1n) is 5.20. The summed E-state index contributed by atoms with van der Waals surface area (Å²) >= 11 is 0. The van der Waals surface area contributed by atoms with Gasteiger partial charge in [0.15, 0.2) is 0 Å². The summed E-state index contributed by atoms with van der Waals surface area (Å²) in [5.74, 6) is 1.10. The van der Waals surface area contributed by atoms with Crippen molar-refractivity contribution in [3.05, 3.63) is 18.0 Å². The molecule has 1 aromatic rings. The second-order valence-corrected chi connectivity index (χ2v) is 3.88. The number of aliphatic hydroxyl groups is 1. The number of nitrogens with zero attached hydrogens (tertiary/aromatic N) is 3. The Kier molecular flexibility index (Phi) is 3.13. The van der Waals surface area contributed by atoms with Gasteiger partial charge < -0.3 is 15.7 Å². The molecular weight excluding hydrogens is 192 g/mol. The molecular formula is C10H16N4O. The molecule has 1 saturated heterocycles. The molecule has 0 aromatic carbocycles. The average molecular weight is 208 g/mol. The van der Waals surface area contributed by atoms with E-state index in [-0.39, 0.29) is 6.61 Å². The van der Waals surface area contributed by atoms with E-state index in [1.54, 1.807) is 12.4 Å². The van der Waals surface area contributed by atoms with Crippen LogP contribution >= 0.6 is 0 Å². The van der Waals surface area contributed by atoms with Gasteiger partial charge in [-0.3, -0.25) is 0 Å². The van der Waals surface area contributed by atoms with E-state index >= 15 is 0 Å². The summed E-state index contributed by atoms with van der Waals surface area (Å²) in [6.07, 6.45) is 4.53. The highest BCUT2D eigenvalue weighted by atomic mass is 16.3. The number of aliphatic hydroxyl groups excluding tert-OH is 1. The molecule has 2 heterocycles. The zero-order valence-corrected chi connectivity index (χ0v) is 8.63. The van der Waals surface area contributed by atoms with Crippen LogP contribution in [0.2, 0.25) is 0 Å². The summed E-state index contributed by atoms with van der Waals surface area (Å²) in [7, 11) is 0. The van der Waals surface area contributed by atoms with Crippen molar-refractivity contribution in [2.24, 2.45) is 11.7 Å². The topological polar surface area (TPSA) is 75.3 Å². The molecule has 0 aliphatic carbocycles. The van der Waals surface area contributed by atoms with Crippen LogP contribution < -0.4 is 10.6 Å². The van der Waals surface area contributed by atoms with Gasteiger partial charge >= 0.3 is 0 Å². The van der Waals surface area contributed by atoms with Crippen LogP contribution in [0.25, 0.3) is 0 Å². The highest BCUT2D eigenvalue weighted by molar-refractivity contribution is 5.31. The van der Waals surface area contributed by atoms with Crippen molar-refractivity contribution in [1.82, 2.24) is 9.97 Å². The third-order valence-electron chi connectivity index (χ3n) is 2.75. The van der Waals surface area contributed by atoms with Gasteiger partial charge in [0.1, 0.15) is 0 Å². The van der Waals surface area contributed by atoms with E-state index in [9.17, 15) is 0 Å². The molecule has 5 nitrogen and oxygen atoms in total. The standard InChI is InChI=1S/C10H16N4O/c11-3-9-4-12-10(13-5-9)14-2-1-8(6-14)7-15/h4-5,8,15H,1-3,6-7,11H2. The van der Waals surface area contributed by atoms with Crippen molar-refractivity contribution in [2.75, 3.05) is 24.6 Å². The van der Waals surface area contributed by atoms with Crippen molar-refractivity contribution in [1.29, 1.82) is 0 Å². The van der Waals surface area contributed by atoms with Crippen molar-refractivity contribution in [2.45, 2.75) is 13.0 Å². The lowest BCUT2D eigenvalue weighted by molar-refractivity contribution is 0.238. The number of aromatic nitrogens is 2. The van der Waals surface area contributed by atoms with E-state index in [4.69, 9.17) is 10.8 Å². The maximum absolute atomic E-state index is 9.03. The quantitative estimate of drug-likeness (QED) is 0.716. The number of rotatable bonds is 3. The lowest BCUT2D eigenvalue weighted by Gasteiger charge is -2.15. The van der Waals surface area contributed by atoms with Crippen LogP contribution in [0.15, 0.2) is 12.4 Å². The molecule has 3 N–H and O–H groups in total. The first-order valence-corrected chi connectivity index (χ1v) is 5.20. The summed E-state index contributed by atoms with van der Waals surface area (Å²) in [4.78, 5) is 10.6. The minimum absolute atomic E-state index is 0.247. The highest BCUT2D eigenvalue weighted by Crippen LogP contribution is 2.19. The van der Waals surface area contributed by atoms with Gasteiger partial charge in [0, 0.05) is 50.1 Å². The Hall–Kier alpha value is -1.20. The number of hydrogen-bond donors (Lipinski definition) is 2. The molecule has 1 fully saturated rings. The Morgan fingerprint density at radius 3 is 2.73 bits per heavy atom. The molecule has 1 aliphatic rings. The summed E-state index contributed by atoms with van der Waals surface area (Å²) in [5, 5.41) is 9.03. The third kappa shape index (κ3) is 2.24. The largest absolute Gasteiger partial charge is 0.396 e. The lowest BCUT2D eigenvalue weighted by atomic mass is 10.1. The molecule has 0 amide bonds. The summed E-state index contributed by atoms with van der Waals surface area (Å²) in [6.45, 7) is 2.49. The molecule has 0 saturated carbocycles. The van der Waals surface area contributed by atoms with Crippen LogP contribution in [0.4, 0.5) is 5.95 Å². The molecule has 1 unspecified atom stereocenters. The van der Waals surface area contributed by atoms with E-state index in [0.717, 1.165) is 31.0 Å². The third-order valence-corrected chi connectivity index (χ3v) is 2.75. The second kappa shape index (κ2) is 4.55. The number of anilines is 1. The first-order chi connectivity index (χ1) is 7.33. The van der Waals surface area contributed by atoms with Gasteiger partial charge in [0.2, 0.25) is 5.95 Å². The average Bonchev–Trinajstić information content (AvgIpc) is 2.78. The van der Waals surface area contributed by atoms with Crippen LogP contribution in [0, 0.1) is 5.92 Å². The van der Waals surface area contributed by atoms with E-state index in [0.29, 0.717) is 12.5 Å². The first kappa shape index (κ1) is 10.3. The number of nitrogens with two attached hydrogens (primary N) is 1. The lowest BCUT2D eigenvalue weighted by Crippen LogP contribution is -2.22. The molecule has 82 valence electrons. The molecule has 1 aliphatic heterocycles. The van der Waals surface area contributed by atoms with Crippen LogP contribution in [-0.4, -0.2) is 34.8 Å². The second-order valence-electron chi connectivity index (χ2n) is 3.88. The Morgan fingerprint density at radius 1 is 1.47 bits per heavy atom. The fraction of sp³-hybridized carbons (Fsp3) is 0.600. The molecule has 1 aromatic heterocycles. The van der Waals surface area contributed by atoms with Crippen molar-refractivity contribution >= 4 is 5.95 Å². The smallest absolute Gasteiger partial charge is 0.225 e. The van der Waals surface area contributed by atoms with Crippen molar-refractivity contribution in [3.8, 4) is 0 Å².